The molecule has 0 bridgehead atoms. The number of aromatic nitrogens is 2. The lowest BCUT2D eigenvalue weighted by atomic mass is 9.96. The van der Waals surface area contributed by atoms with Crippen molar-refractivity contribution in [1.29, 1.82) is 0 Å². The smallest absolute Gasteiger partial charge is 0.225 e. The Balaban J connectivity index is 1.58. The molecule has 0 aliphatic carbocycles. The molecule has 1 aromatic rings. The Morgan fingerprint density at radius 2 is 2.14 bits per heavy atom. The van der Waals surface area contributed by atoms with Crippen LogP contribution >= 0.6 is 0 Å². The van der Waals surface area contributed by atoms with Crippen LogP contribution in [0, 0.1) is 11.8 Å². The van der Waals surface area contributed by atoms with Crippen molar-refractivity contribution in [2.75, 3.05) is 26.2 Å². The summed E-state index contributed by atoms with van der Waals surface area (Å²) in [6.45, 7) is 2.90. The zero-order valence-electron chi connectivity index (χ0n) is 12.1. The van der Waals surface area contributed by atoms with E-state index in [0.717, 1.165) is 31.6 Å². The molecule has 0 saturated carbocycles. The van der Waals surface area contributed by atoms with E-state index < -0.39 is 6.10 Å². The molecule has 1 amide bonds. The van der Waals surface area contributed by atoms with E-state index in [0.29, 0.717) is 19.5 Å². The molecule has 0 spiro atoms. The number of β-amino-alcohol motifs (C(OH)–C–C–N with tert-alkyl or cyclic N) is 1. The van der Waals surface area contributed by atoms with Crippen LogP contribution in [0.5, 0.6) is 0 Å². The number of amides is 1. The topological polar surface area (TPSA) is 78.4 Å². The highest BCUT2D eigenvalue weighted by atomic mass is 16.3. The van der Waals surface area contributed by atoms with Crippen LogP contribution in [0.4, 0.5) is 0 Å². The van der Waals surface area contributed by atoms with Crippen molar-refractivity contribution in [1.82, 2.24) is 20.2 Å². The fourth-order valence-corrected chi connectivity index (χ4v) is 3.27. The standard InChI is InChI=1S/C15H22N4O2/c20-14-10-19(15(21)11-1-3-16-4-2-11)9-12(14)7-13-8-17-5-6-18-13/h5-6,8,11-12,14,16,20H,1-4,7,9-10H2/t12-,14-/m1/s1. The fraction of sp³-hybridized carbons (Fsp3) is 0.667. The van der Waals surface area contributed by atoms with Gasteiger partial charge in [-0.1, -0.05) is 0 Å². The zero-order chi connectivity index (χ0) is 14.7. The van der Waals surface area contributed by atoms with Crippen LogP contribution in [-0.2, 0) is 11.2 Å². The number of nitrogens with one attached hydrogen (secondary N) is 1. The average Bonchev–Trinajstić information content (AvgIpc) is 2.89. The summed E-state index contributed by atoms with van der Waals surface area (Å²) in [5, 5.41) is 13.5. The highest BCUT2D eigenvalue weighted by Crippen LogP contribution is 2.24. The molecule has 1 aromatic heterocycles. The monoisotopic (exact) mass is 290 g/mol. The number of piperidine rings is 1. The van der Waals surface area contributed by atoms with Crippen LogP contribution in [0.15, 0.2) is 18.6 Å². The predicted molar refractivity (Wildman–Crippen MR) is 77.4 cm³/mol. The lowest BCUT2D eigenvalue weighted by molar-refractivity contribution is -0.135. The summed E-state index contributed by atoms with van der Waals surface area (Å²) in [6, 6.07) is 0. The van der Waals surface area contributed by atoms with Crippen LogP contribution < -0.4 is 5.32 Å². The Morgan fingerprint density at radius 3 is 2.86 bits per heavy atom. The number of carbonyl (C=O) groups is 1. The minimum Gasteiger partial charge on any atom is -0.391 e. The minimum absolute atomic E-state index is 0.0624. The van der Waals surface area contributed by atoms with E-state index in [4.69, 9.17) is 0 Å². The predicted octanol–water partition coefficient (Wildman–Crippen LogP) is -0.162. The van der Waals surface area contributed by atoms with Crippen LogP contribution in [0.1, 0.15) is 18.5 Å². The van der Waals surface area contributed by atoms with E-state index in [9.17, 15) is 9.90 Å². The first-order valence-electron chi connectivity index (χ1n) is 7.66. The average molecular weight is 290 g/mol. The summed E-state index contributed by atoms with van der Waals surface area (Å²) in [5.74, 6) is 0.387. The summed E-state index contributed by atoms with van der Waals surface area (Å²) in [7, 11) is 0. The van der Waals surface area contributed by atoms with Gasteiger partial charge >= 0.3 is 0 Å². The first-order valence-corrected chi connectivity index (χ1v) is 7.66. The molecule has 0 radical (unpaired) electrons. The fourth-order valence-electron chi connectivity index (χ4n) is 3.27. The quantitative estimate of drug-likeness (QED) is 0.808. The van der Waals surface area contributed by atoms with Gasteiger partial charge in [0.2, 0.25) is 5.91 Å². The van der Waals surface area contributed by atoms with Crippen molar-refractivity contribution in [2.45, 2.75) is 25.4 Å². The molecule has 114 valence electrons. The number of hydrogen-bond acceptors (Lipinski definition) is 5. The first kappa shape index (κ1) is 14.4. The Hall–Kier alpha value is -1.53. The number of aliphatic hydroxyl groups is 1. The second-order valence-corrected chi connectivity index (χ2v) is 6.00. The molecule has 0 unspecified atom stereocenters. The molecule has 3 heterocycles. The Bertz CT molecular complexity index is 476. The van der Waals surface area contributed by atoms with Gasteiger partial charge in [-0.15, -0.1) is 0 Å². The largest absolute Gasteiger partial charge is 0.391 e. The third-order valence-electron chi connectivity index (χ3n) is 4.49. The van der Waals surface area contributed by atoms with Gasteiger partial charge in [0, 0.05) is 43.5 Å². The van der Waals surface area contributed by atoms with E-state index in [1.165, 1.54) is 0 Å². The molecule has 3 rings (SSSR count). The van der Waals surface area contributed by atoms with Crippen molar-refractivity contribution >= 4 is 5.91 Å². The van der Waals surface area contributed by atoms with E-state index in [-0.39, 0.29) is 17.7 Å². The minimum atomic E-state index is -0.460. The molecule has 2 aliphatic rings. The van der Waals surface area contributed by atoms with Gasteiger partial charge in [0.25, 0.3) is 0 Å². The van der Waals surface area contributed by atoms with Gasteiger partial charge in [-0.3, -0.25) is 14.8 Å². The number of likely N-dealkylation sites (tertiary alicyclic amines) is 1. The zero-order valence-corrected chi connectivity index (χ0v) is 12.1. The van der Waals surface area contributed by atoms with Gasteiger partial charge in [0.1, 0.15) is 0 Å². The summed E-state index contributed by atoms with van der Waals surface area (Å²) in [5.41, 5.74) is 0.873. The van der Waals surface area contributed by atoms with E-state index in [1.54, 1.807) is 18.6 Å². The van der Waals surface area contributed by atoms with Crippen LogP contribution in [-0.4, -0.2) is 58.2 Å². The van der Waals surface area contributed by atoms with Crippen LogP contribution in [0.25, 0.3) is 0 Å². The molecular formula is C15H22N4O2. The maximum atomic E-state index is 12.5. The van der Waals surface area contributed by atoms with Crippen molar-refractivity contribution in [3.05, 3.63) is 24.3 Å². The highest BCUT2D eigenvalue weighted by molar-refractivity contribution is 5.79. The first-order chi connectivity index (χ1) is 10.2. The molecular weight excluding hydrogens is 268 g/mol. The number of rotatable bonds is 3. The lowest BCUT2D eigenvalue weighted by Gasteiger charge is -2.26. The SMILES string of the molecule is O=C(C1CCNCC1)N1C[C@@H](Cc2cnccn2)[C@H](O)C1. The van der Waals surface area contributed by atoms with Crippen molar-refractivity contribution in [3.63, 3.8) is 0 Å². The Morgan fingerprint density at radius 1 is 1.33 bits per heavy atom. The lowest BCUT2D eigenvalue weighted by Crippen LogP contribution is -2.40. The second-order valence-electron chi connectivity index (χ2n) is 6.00. The highest BCUT2D eigenvalue weighted by Gasteiger charge is 2.36. The Labute approximate surface area is 124 Å². The molecule has 6 nitrogen and oxygen atoms in total. The molecule has 2 aliphatic heterocycles. The van der Waals surface area contributed by atoms with E-state index in [1.807, 2.05) is 4.90 Å². The van der Waals surface area contributed by atoms with Gasteiger partial charge in [-0.2, -0.15) is 0 Å². The van der Waals surface area contributed by atoms with Gasteiger partial charge < -0.3 is 15.3 Å². The second kappa shape index (κ2) is 6.49. The maximum absolute atomic E-state index is 12.5. The summed E-state index contributed by atoms with van der Waals surface area (Å²) < 4.78 is 0. The molecule has 21 heavy (non-hydrogen) atoms. The maximum Gasteiger partial charge on any atom is 0.225 e. The van der Waals surface area contributed by atoms with Gasteiger partial charge in [0.15, 0.2) is 0 Å². The van der Waals surface area contributed by atoms with Gasteiger partial charge in [-0.05, 0) is 32.4 Å². The third kappa shape index (κ3) is 3.39. The van der Waals surface area contributed by atoms with Gasteiger partial charge in [-0.25, -0.2) is 0 Å². The molecule has 2 saturated heterocycles. The third-order valence-corrected chi connectivity index (χ3v) is 4.49. The van der Waals surface area contributed by atoms with Crippen molar-refractivity contribution in [3.8, 4) is 0 Å². The van der Waals surface area contributed by atoms with E-state index in [2.05, 4.69) is 15.3 Å². The molecule has 0 aromatic carbocycles. The van der Waals surface area contributed by atoms with Gasteiger partial charge in [0.05, 0.1) is 11.8 Å². The number of aliphatic hydroxyl groups excluding tert-OH is 1. The normalized spacial score (nSPS) is 27.0. The number of carbonyl (C=O) groups excluding carboxylic acids is 1. The van der Waals surface area contributed by atoms with Crippen molar-refractivity contribution in [2.24, 2.45) is 11.8 Å². The van der Waals surface area contributed by atoms with Crippen LogP contribution in [0.2, 0.25) is 0 Å². The summed E-state index contributed by atoms with van der Waals surface area (Å²) in [4.78, 5) is 22.6. The summed E-state index contributed by atoms with van der Waals surface area (Å²) in [6.07, 6.45) is 7.05. The molecule has 6 heteroatoms. The van der Waals surface area contributed by atoms with Crippen molar-refractivity contribution < 1.29 is 9.90 Å². The molecule has 2 N–H and O–H groups in total. The van der Waals surface area contributed by atoms with E-state index >= 15 is 0 Å². The number of nitrogens with zero attached hydrogens (tertiary/aromatic N) is 3. The summed E-state index contributed by atoms with van der Waals surface area (Å²) >= 11 is 0. The van der Waals surface area contributed by atoms with Crippen LogP contribution in [0.3, 0.4) is 0 Å². The molecule has 2 fully saturated rings. The number of hydrogen-bond donors (Lipinski definition) is 2. The molecule has 2 atom stereocenters. The Kier molecular flexibility index (Phi) is 4.45.